The van der Waals surface area contributed by atoms with Crippen LogP contribution in [0.25, 0.3) is 10.8 Å². The second kappa shape index (κ2) is 46.0. The van der Waals surface area contributed by atoms with Gasteiger partial charge in [-0.3, -0.25) is 66.7 Å². The molecule has 598 valence electrons. The number of benzene rings is 5. The van der Waals surface area contributed by atoms with Crippen molar-refractivity contribution in [1.29, 1.82) is 0 Å². The molecule has 0 spiro atoms. The van der Waals surface area contributed by atoms with Gasteiger partial charge in [-0.15, -0.1) is 0 Å². The van der Waals surface area contributed by atoms with Crippen LogP contribution in [0.4, 0.5) is 22.7 Å². The van der Waals surface area contributed by atoms with Crippen LogP contribution in [0.2, 0.25) is 0 Å². The molecule has 0 saturated carbocycles. The van der Waals surface area contributed by atoms with Gasteiger partial charge in [0.2, 0.25) is 53.2 Å². The average molecular weight is 1590 g/mol. The number of aliphatic hydroxyl groups is 1. The van der Waals surface area contributed by atoms with Crippen LogP contribution in [0.15, 0.2) is 124 Å². The van der Waals surface area contributed by atoms with Crippen LogP contribution in [-0.2, 0) is 82.9 Å². The van der Waals surface area contributed by atoms with Crippen LogP contribution >= 0.6 is 19.4 Å². The topological polar surface area (TPSA) is 576 Å². The fourth-order valence-corrected chi connectivity index (χ4v) is 14.2. The highest BCUT2D eigenvalue weighted by atomic mass is 32.2. The normalized spacial score (nSPS) is 13.5. The van der Waals surface area contributed by atoms with Gasteiger partial charge in [0, 0.05) is 105 Å². The summed E-state index contributed by atoms with van der Waals surface area (Å²) in [6.45, 7) is -0.388. The standard InChI is InChI=1S/C70H94N15O22PS2/c1-4-106-108(102,107-36-35-75-60(89)29-28-59(88)74-34-33-73-51-12-7-10-50-49(51)9-8-13-58(50)110(103,104)105)37-38-109-42-57(82-65(96)44-16-18-45(19-17-44)83-84-46-20-22-47(23-21-46)85(2)3)66(97)76-40-61(90)77-53(26-30-62(91)92)67(98)81-56(41-86)70(101)80-55(39-43-14-24-48(87)25-15-43)69(100)79-54(27-31-63(93)94)68(99)78-52(64(72)95)11-5-6-32-71/h7-10,12-25,52-57,73,86-87H,4-6,11,26-42,71H2,1-3H3,(H2,72,95)(H,74,88)(H,75,89)(H,76,97)(H,77,90)(H,78,99)(H,79,100)(H,80,101)(H,81,98)(H,82,96)(H,91,92)(H,93,94)(H,103,104,105)/t52-,53-,54-,55-,56-,57-,108?/m0/s1. The van der Waals surface area contributed by atoms with E-state index in [2.05, 4.69) is 63.4 Å². The number of carboxylic acids is 2. The molecule has 40 heteroatoms. The third-order valence-electron chi connectivity index (χ3n) is 16.2. The maximum absolute atomic E-state index is 14.1. The van der Waals surface area contributed by atoms with Gasteiger partial charge in [0.15, 0.2) is 0 Å². The quantitative estimate of drug-likeness (QED) is 0.0114. The number of carbonyl (C=O) groups is 12. The van der Waals surface area contributed by atoms with Crippen molar-refractivity contribution in [2.45, 2.75) is 112 Å². The van der Waals surface area contributed by atoms with Gasteiger partial charge in [0.1, 0.15) is 46.9 Å². The number of nitrogens with one attached hydrogen (secondary N) is 10. The number of hydrogen-bond donors (Lipinski definition) is 17. The molecule has 0 aliphatic carbocycles. The number of unbranched alkanes of at least 4 members (excludes halogenated alkanes) is 1. The SMILES string of the molecule is CCOP(=O)(CCSC[C@H](NC(=O)c1ccc(N=Nc2ccc(N(C)C)cc2)cc1)C(=O)NCC(=O)N[C@@H](CCC(=O)O)C(=O)N[C@@H](CO)C(=O)N[C@@H](Cc1ccc(O)cc1)C(=O)N[C@@H](CCC(=O)O)C(=O)N[C@@H](CCCCN)C(N)=O)OCCNC(=O)CCC(=O)NCCNc1cccc2c(S(=O)(=O)O)cccc12. The number of rotatable bonds is 50. The zero-order valence-corrected chi connectivity index (χ0v) is 63.2. The highest BCUT2D eigenvalue weighted by Crippen LogP contribution is 2.48. The van der Waals surface area contributed by atoms with Gasteiger partial charge in [-0.1, -0.05) is 36.4 Å². The monoisotopic (exact) mass is 1590 g/mol. The summed E-state index contributed by atoms with van der Waals surface area (Å²) in [5.41, 5.74) is 13.8. The van der Waals surface area contributed by atoms with Crippen molar-refractivity contribution in [2.75, 3.05) is 94.5 Å². The van der Waals surface area contributed by atoms with E-state index in [4.69, 9.17) is 20.5 Å². The molecule has 0 radical (unpaired) electrons. The van der Waals surface area contributed by atoms with Crippen LogP contribution in [0.3, 0.4) is 0 Å². The van der Waals surface area contributed by atoms with Crippen LogP contribution in [0.5, 0.6) is 5.75 Å². The number of nitrogens with zero attached hydrogens (tertiary/aromatic N) is 3. The maximum Gasteiger partial charge on any atom is 0.331 e. The Kier molecular flexibility index (Phi) is 37.6. The van der Waals surface area contributed by atoms with Crippen LogP contribution in [0.1, 0.15) is 80.6 Å². The van der Waals surface area contributed by atoms with E-state index in [0.717, 1.165) is 17.4 Å². The summed E-state index contributed by atoms with van der Waals surface area (Å²) in [7, 11) is -4.62. The second-order valence-corrected chi connectivity index (χ2v) is 29.5. The lowest BCUT2D eigenvalue weighted by Gasteiger charge is -2.26. The van der Waals surface area contributed by atoms with E-state index < -0.39 is 164 Å². The molecule has 0 saturated heterocycles. The van der Waals surface area contributed by atoms with Crippen LogP contribution < -0.4 is 69.5 Å². The number of anilines is 2. The largest absolute Gasteiger partial charge is 0.508 e. The number of aliphatic hydroxyl groups excluding tert-OH is 1. The van der Waals surface area contributed by atoms with E-state index in [1.54, 1.807) is 43.3 Å². The van der Waals surface area contributed by atoms with Crippen molar-refractivity contribution in [3.63, 3.8) is 0 Å². The minimum absolute atomic E-state index is 0.0211. The molecular formula is C70H94N15O22PS2. The number of phenols is 1. The Balaban J connectivity index is 1.22. The first-order chi connectivity index (χ1) is 52.3. The van der Waals surface area contributed by atoms with Gasteiger partial charge in [0.25, 0.3) is 16.0 Å². The molecule has 10 amide bonds. The van der Waals surface area contributed by atoms with Gasteiger partial charge in [-0.2, -0.15) is 30.4 Å². The molecule has 19 N–H and O–H groups in total. The first-order valence-electron chi connectivity index (χ1n) is 34.7. The van der Waals surface area contributed by atoms with Gasteiger partial charge < -0.3 is 99.0 Å². The Morgan fingerprint density at radius 2 is 1.15 bits per heavy atom. The zero-order chi connectivity index (χ0) is 80.9. The Morgan fingerprint density at radius 1 is 0.591 bits per heavy atom. The molecule has 0 heterocycles. The van der Waals surface area contributed by atoms with E-state index >= 15 is 0 Å². The summed E-state index contributed by atoms with van der Waals surface area (Å²) in [6, 6.07) is 17.8. The minimum atomic E-state index is -4.49. The third kappa shape index (κ3) is 31.9. The van der Waals surface area contributed by atoms with E-state index in [-0.39, 0.29) is 99.0 Å². The summed E-state index contributed by atoms with van der Waals surface area (Å²) < 4.78 is 58.5. The lowest BCUT2D eigenvalue weighted by molar-refractivity contribution is -0.139. The van der Waals surface area contributed by atoms with Crippen molar-refractivity contribution in [3.05, 3.63) is 120 Å². The highest BCUT2D eigenvalue weighted by Gasteiger charge is 2.34. The van der Waals surface area contributed by atoms with E-state index in [1.165, 1.54) is 60.7 Å². The van der Waals surface area contributed by atoms with Gasteiger partial charge in [0.05, 0.1) is 43.9 Å². The van der Waals surface area contributed by atoms with Crippen molar-refractivity contribution in [1.82, 2.24) is 47.9 Å². The predicted octanol–water partition coefficient (Wildman–Crippen LogP) is 1.60. The number of amides is 10. The molecular weight excluding hydrogens is 1500 g/mol. The molecule has 0 fully saturated rings. The Hall–Kier alpha value is -10.7. The number of hydrogen-bond acceptors (Lipinski definition) is 25. The average Bonchev–Trinajstić information content (AvgIpc) is 0.789. The van der Waals surface area contributed by atoms with E-state index in [9.17, 15) is 95.5 Å². The van der Waals surface area contributed by atoms with Crippen molar-refractivity contribution < 1.29 is 105 Å². The summed E-state index contributed by atoms with van der Waals surface area (Å²) in [5, 5.41) is 73.8. The lowest BCUT2D eigenvalue weighted by atomic mass is 10.0. The first kappa shape index (κ1) is 89.9. The Morgan fingerprint density at radius 3 is 1.73 bits per heavy atom. The molecule has 1 unspecified atom stereocenters. The molecule has 5 aromatic carbocycles. The molecule has 7 atom stereocenters. The smallest absolute Gasteiger partial charge is 0.331 e. The fraction of sp³-hybridized carbons (Fsp3) is 0.429. The highest BCUT2D eigenvalue weighted by molar-refractivity contribution is 7.99. The fourth-order valence-electron chi connectivity index (χ4n) is 10.4. The molecule has 110 heavy (non-hydrogen) atoms. The van der Waals surface area contributed by atoms with Crippen molar-refractivity contribution in [3.8, 4) is 5.75 Å². The van der Waals surface area contributed by atoms with E-state index in [0.29, 0.717) is 46.2 Å². The number of carboxylic acid groups (broad SMARTS) is 2. The number of nitrogens with two attached hydrogens (primary N) is 2. The first-order valence-corrected chi connectivity index (χ1v) is 39.1. The van der Waals surface area contributed by atoms with Crippen molar-refractivity contribution in [2.24, 2.45) is 21.7 Å². The molecule has 5 aromatic rings. The summed E-state index contributed by atoms with van der Waals surface area (Å²) in [6.07, 6.45) is -2.73. The van der Waals surface area contributed by atoms with Gasteiger partial charge >= 0.3 is 19.5 Å². The number of thioether (sulfide) groups is 1. The molecule has 37 nitrogen and oxygen atoms in total. The molecule has 5 rings (SSSR count). The lowest BCUT2D eigenvalue weighted by Crippen LogP contribution is -2.60. The maximum atomic E-state index is 14.1. The van der Waals surface area contributed by atoms with Crippen molar-refractivity contribution >= 4 is 134 Å². The van der Waals surface area contributed by atoms with Gasteiger partial charge in [-0.25, -0.2) is 0 Å². The van der Waals surface area contributed by atoms with E-state index in [1.807, 2.05) is 31.1 Å². The van der Waals surface area contributed by atoms with Crippen LogP contribution in [-0.4, -0.2) is 225 Å². The summed E-state index contributed by atoms with van der Waals surface area (Å²) in [5.74, 6) is -12.6. The predicted molar refractivity (Wildman–Crippen MR) is 405 cm³/mol. The number of carbonyl (C=O) groups excluding carboxylic acids is 10. The molecule has 0 aromatic heterocycles. The van der Waals surface area contributed by atoms with Crippen LogP contribution in [0, 0.1) is 0 Å². The number of aromatic hydroxyl groups is 1. The number of aliphatic carboxylic acids is 2. The zero-order valence-electron chi connectivity index (χ0n) is 60.6. The molecule has 0 aliphatic heterocycles. The molecule has 0 aliphatic rings. The summed E-state index contributed by atoms with van der Waals surface area (Å²) in [4.78, 5) is 160. The van der Waals surface area contributed by atoms with Gasteiger partial charge in [-0.05, 0) is 124 Å². The number of primary amides is 1. The number of phenolic OH excluding ortho intramolecular Hbond substituents is 1. The Labute approximate surface area is 638 Å². The number of azo groups is 1. The number of fused-ring (bicyclic) bond motifs is 1. The summed E-state index contributed by atoms with van der Waals surface area (Å²) >= 11 is 1.01. The molecule has 0 bridgehead atoms. The second-order valence-electron chi connectivity index (χ2n) is 24.8. The Bertz CT molecular complexity index is 4180. The minimum Gasteiger partial charge on any atom is -0.508 e. The third-order valence-corrected chi connectivity index (χ3v) is 20.4.